The number of rotatable bonds is 1. The number of likely N-dealkylation sites (tertiary alicyclic amines) is 1. The van der Waals surface area contributed by atoms with Gasteiger partial charge in [-0.3, -0.25) is 4.90 Å². The predicted octanol–water partition coefficient (Wildman–Crippen LogP) is -0.110. The van der Waals surface area contributed by atoms with Crippen molar-refractivity contribution in [2.75, 3.05) is 39.3 Å². The van der Waals surface area contributed by atoms with Gasteiger partial charge in [0, 0.05) is 25.7 Å². The summed E-state index contributed by atoms with van der Waals surface area (Å²) in [6.45, 7) is 7.70. The van der Waals surface area contributed by atoms with Gasteiger partial charge in [0.25, 0.3) is 0 Å². The van der Waals surface area contributed by atoms with E-state index in [1.807, 2.05) is 0 Å². The lowest BCUT2D eigenvalue weighted by Gasteiger charge is -2.32. The Hall–Kier alpha value is -0.120. The smallest absolute Gasteiger partial charge is 0.0221 e. The van der Waals surface area contributed by atoms with Crippen LogP contribution in [0.4, 0.5) is 0 Å². The van der Waals surface area contributed by atoms with Gasteiger partial charge in [-0.1, -0.05) is 0 Å². The molecule has 2 N–H and O–H groups in total. The van der Waals surface area contributed by atoms with Crippen molar-refractivity contribution in [1.29, 1.82) is 0 Å². The molecule has 3 heterocycles. The normalized spacial score (nSPS) is 44.1. The van der Waals surface area contributed by atoms with Gasteiger partial charge in [-0.15, -0.1) is 0 Å². The van der Waals surface area contributed by atoms with E-state index in [1.165, 1.54) is 52.1 Å². The van der Waals surface area contributed by atoms with E-state index < -0.39 is 0 Å². The zero-order chi connectivity index (χ0) is 9.38. The van der Waals surface area contributed by atoms with Crippen LogP contribution in [0.2, 0.25) is 0 Å². The molecule has 3 nitrogen and oxygen atoms in total. The first-order chi connectivity index (χ1) is 6.93. The van der Waals surface area contributed by atoms with Crippen LogP contribution < -0.4 is 10.6 Å². The minimum Gasteiger partial charge on any atom is -0.316 e. The Kier molecular flexibility index (Phi) is 2.48. The Bertz CT molecular complexity index is 189. The van der Waals surface area contributed by atoms with Crippen molar-refractivity contribution in [2.24, 2.45) is 11.8 Å². The molecule has 0 radical (unpaired) electrons. The molecule has 0 bridgehead atoms. The molecular formula is C11H21N3. The number of piperidine rings is 1. The molecule has 14 heavy (non-hydrogen) atoms. The molecule has 0 spiro atoms. The lowest BCUT2D eigenvalue weighted by Crippen LogP contribution is -2.45. The second-order valence-electron chi connectivity index (χ2n) is 5.13. The maximum Gasteiger partial charge on any atom is 0.0221 e. The Balaban J connectivity index is 1.59. The van der Waals surface area contributed by atoms with Crippen LogP contribution in [0.1, 0.15) is 12.8 Å². The third-order valence-corrected chi connectivity index (χ3v) is 4.21. The Morgan fingerprint density at radius 1 is 0.929 bits per heavy atom. The quantitative estimate of drug-likeness (QED) is 0.611. The maximum absolute atomic E-state index is 3.52. The summed E-state index contributed by atoms with van der Waals surface area (Å²) >= 11 is 0. The molecule has 0 aromatic heterocycles. The number of nitrogens with zero attached hydrogens (tertiary/aromatic N) is 1. The molecule has 0 aromatic carbocycles. The molecule has 3 rings (SSSR count). The highest BCUT2D eigenvalue weighted by atomic mass is 15.2. The van der Waals surface area contributed by atoms with Gasteiger partial charge in [0.15, 0.2) is 0 Å². The van der Waals surface area contributed by atoms with Crippen LogP contribution in [0, 0.1) is 11.8 Å². The molecule has 0 saturated carbocycles. The summed E-state index contributed by atoms with van der Waals surface area (Å²) < 4.78 is 0. The van der Waals surface area contributed by atoms with Gasteiger partial charge in [0.1, 0.15) is 0 Å². The summed E-state index contributed by atoms with van der Waals surface area (Å²) in [6.07, 6.45) is 2.79. The lowest BCUT2D eigenvalue weighted by atomic mass is 10.0. The summed E-state index contributed by atoms with van der Waals surface area (Å²) in [7, 11) is 0. The van der Waals surface area contributed by atoms with Gasteiger partial charge in [0.05, 0.1) is 0 Å². The van der Waals surface area contributed by atoms with Crippen LogP contribution in [0.25, 0.3) is 0 Å². The van der Waals surface area contributed by atoms with Crippen molar-refractivity contribution in [3.63, 3.8) is 0 Å². The van der Waals surface area contributed by atoms with Gasteiger partial charge >= 0.3 is 0 Å². The fraction of sp³-hybridized carbons (Fsp3) is 1.00. The second-order valence-corrected chi connectivity index (χ2v) is 5.13. The highest BCUT2D eigenvalue weighted by molar-refractivity contribution is 4.94. The van der Waals surface area contributed by atoms with E-state index in [9.17, 15) is 0 Å². The van der Waals surface area contributed by atoms with E-state index in [2.05, 4.69) is 15.5 Å². The molecule has 3 atom stereocenters. The fourth-order valence-electron chi connectivity index (χ4n) is 3.33. The first kappa shape index (κ1) is 9.13. The second kappa shape index (κ2) is 3.80. The Morgan fingerprint density at radius 3 is 2.36 bits per heavy atom. The third kappa shape index (κ3) is 1.58. The number of nitrogens with one attached hydrogen (secondary N) is 2. The predicted molar refractivity (Wildman–Crippen MR) is 57.3 cm³/mol. The number of hydrogen-bond donors (Lipinski definition) is 2. The monoisotopic (exact) mass is 195 g/mol. The zero-order valence-electron chi connectivity index (χ0n) is 8.84. The van der Waals surface area contributed by atoms with Crippen LogP contribution in [-0.2, 0) is 0 Å². The van der Waals surface area contributed by atoms with Gasteiger partial charge in [-0.25, -0.2) is 0 Å². The molecular weight excluding hydrogens is 174 g/mol. The minimum absolute atomic E-state index is 0.842. The van der Waals surface area contributed by atoms with Gasteiger partial charge in [0.2, 0.25) is 0 Å². The largest absolute Gasteiger partial charge is 0.316 e. The van der Waals surface area contributed by atoms with Crippen molar-refractivity contribution in [3.05, 3.63) is 0 Å². The molecule has 0 aromatic rings. The van der Waals surface area contributed by atoms with Gasteiger partial charge in [-0.2, -0.15) is 0 Å². The molecule has 0 aliphatic carbocycles. The van der Waals surface area contributed by atoms with Crippen LogP contribution in [0.3, 0.4) is 0 Å². The van der Waals surface area contributed by atoms with Gasteiger partial charge in [-0.05, 0) is 44.3 Å². The van der Waals surface area contributed by atoms with Crippen LogP contribution >= 0.6 is 0 Å². The molecule has 3 saturated heterocycles. The summed E-state index contributed by atoms with van der Waals surface area (Å²) in [5.74, 6) is 1.91. The maximum atomic E-state index is 3.52. The summed E-state index contributed by atoms with van der Waals surface area (Å²) in [5, 5.41) is 7.03. The summed E-state index contributed by atoms with van der Waals surface area (Å²) in [6, 6.07) is 0.842. The zero-order valence-corrected chi connectivity index (χ0v) is 8.84. The van der Waals surface area contributed by atoms with Crippen molar-refractivity contribution < 1.29 is 0 Å². The van der Waals surface area contributed by atoms with E-state index in [4.69, 9.17) is 0 Å². The average Bonchev–Trinajstić information content (AvgIpc) is 2.78. The molecule has 3 aliphatic heterocycles. The number of fused-ring (bicyclic) bond motifs is 1. The van der Waals surface area contributed by atoms with Crippen molar-refractivity contribution >= 4 is 0 Å². The minimum atomic E-state index is 0.842. The van der Waals surface area contributed by atoms with E-state index in [-0.39, 0.29) is 0 Å². The van der Waals surface area contributed by atoms with Crippen molar-refractivity contribution in [3.8, 4) is 0 Å². The number of hydrogen-bond acceptors (Lipinski definition) is 3. The van der Waals surface area contributed by atoms with E-state index in [0.29, 0.717) is 0 Å². The van der Waals surface area contributed by atoms with Crippen LogP contribution in [0.15, 0.2) is 0 Å². The van der Waals surface area contributed by atoms with Crippen molar-refractivity contribution in [1.82, 2.24) is 15.5 Å². The van der Waals surface area contributed by atoms with Crippen molar-refractivity contribution in [2.45, 2.75) is 18.9 Å². The first-order valence-electron chi connectivity index (χ1n) is 6.09. The highest BCUT2D eigenvalue weighted by Crippen LogP contribution is 2.28. The lowest BCUT2D eigenvalue weighted by molar-refractivity contribution is 0.190. The van der Waals surface area contributed by atoms with E-state index >= 15 is 0 Å². The molecule has 80 valence electrons. The van der Waals surface area contributed by atoms with E-state index in [1.54, 1.807) is 0 Å². The van der Waals surface area contributed by atoms with Gasteiger partial charge < -0.3 is 10.6 Å². The summed E-state index contributed by atoms with van der Waals surface area (Å²) in [4.78, 5) is 2.74. The van der Waals surface area contributed by atoms with Crippen LogP contribution in [0.5, 0.6) is 0 Å². The molecule has 3 heteroatoms. The molecule has 3 fully saturated rings. The standard InChI is InChI=1S/C11H21N3/c1-2-11(6-12-3-1)14-7-9-4-13-5-10(9)8-14/h9-13H,1-8H2/t9-,10+,11?. The summed E-state index contributed by atoms with van der Waals surface area (Å²) in [5.41, 5.74) is 0. The SMILES string of the molecule is C1CNCC(N2C[C@H]3CNC[C@H]3C2)C1. The Labute approximate surface area is 86.2 Å². The molecule has 3 aliphatic rings. The Morgan fingerprint density at radius 2 is 1.71 bits per heavy atom. The highest BCUT2D eigenvalue weighted by Gasteiger charge is 2.38. The molecule has 0 amide bonds. The fourth-order valence-corrected chi connectivity index (χ4v) is 3.33. The van der Waals surface area contributed by atoms with Crippen LogP contribution in [-0.4, -0.2) is 50.2 Å². The first-order valence-corrected chi connectivity index (χ1v) is 6.09. The molecule has 1 unspecified atom stereocenters. The average molecular weight is 195 g/mol. The third-order valence-electron chi connectivity index (χ3n) is 4.21. The van der Waals surface area contributed by atoms with E-state index in [0.717, 1.165) is 17.9 Å². The topological polar surface area (TPSA) is 27.3 Å².